The standard InChI is InChI=1S/C18H25NO5/c1-3-13-8-7-11-15(19-18(21)22)17(20)23-12(2)16(13)24-14-9-5-4-6-10-14/h4-6,9-10,12-13,15-16,19H,3,7-8,11H2,1-2H3,(H,21,22). The van der Waals surface area contributed by atoms with Gasteiger partial charge < -0.3 is 19.9 Å². The highest BCUT2D eigenvalue weighted by Gasteiger charge is 2.34. The third-order valence-corrected chi connectivity index (χ3v) is 4.42. The van der Waals surface area contributed by atoms with E-state index in [9.17, 15) is 9.59 Å². The lowest BCUT2D eigenvalue weighted by Crippen LogP contribution is -2.44. The van der Waals surface area contributed by atoms with Crippen LogP contribution < -0.4 is 10.1 Å². The average Bonchev–Trinajstić information content (AvgIpc) is 2.60. The molecule has 1 saturated heterocycles. The second kappa shape index (κ2) is 8.57. The molecule has 0 spiro atoms. The molecule has 24 heavy (non-hydrogen) atoms. The summed E-state index contributed by atoms with van der Waals surface area (Å²) in [7, 11) is 0. The summed E-state index contributed by atoms with van der Waals surface area (Å²) in [5.74, 6) is 0.434. The van der Waals surface area contributed by atoms with Crippen LogP contribution in [0.5, 0.6) is 5.75 Å². The van der Waals surface area contributed by atoms with Gasteiger partial charge in [-0.05, 0) is 44.2 Å². The molecule has 1 amide bonds. The monoisotopic (exact) mass is 335 g/mol. The number of hydrogen-bond donors (Lipinski definition) is 2. The molecule has 2 N–H and O–H groups in total. The fraction of sp³-hybridized carbons (Fsp3) is 0.556. The molecule has 6 nitrogen and oxygen atoms in total. The number of nitrogens with one attached hydrogen (secondary N) is 1. The van der Waals surface area contributed by atoms with E-state index < -0.39 is 24.2 Å². The third kappa shape index (κ3) is 4.88. The number of amides is 1. The Bertz CT molecular complexity index is 548. The Kier molecular flexibility index (Phi) is 6.46. The molecular formula is C18H25NO5. The smallest absolute Gasteiger partial charge is 0.405 e. The van der Waals surface area contributed by atoms with Crippen LogP contribution in [0.3, 0.4) is 0 Å². The number of carboxylic acid groups (broad SMARTS) is 1. The summed E-state index contributed by atoms with van der Waals surface area (Å²) in [4.78, 5) is 23.1. The number of rotatable bonds is 4. The topological polar surface area (TPSA) is 84.9 Å². The summed E-state index contributed by atoms with van der Waals surface area (Å²) >= 11 is 0. The number of hydrogen-bond acceptors (Lipinski definition) is 4. The van der Waals surface area contributed by atoms with Crippen molar-refractivity contribution in [2.45, 2.75) is 57.8 Å². The quantitative estimate of drug-likeness (QED) is 0.825. The second-order valence-electron chi connectivity index (χ2n) is 6.14. The predicted molar refractivity (Wildman–Crippen MR) is 89.0 cm³/mol. The van der Waals surface area contributed by atoms with Crippen molar-refractivity contribution in [1.82, 2.24) is 5.32 Å². The lowest BCUT2D eigenvalue weighted by molar-refractivity contribution is -0.156. The molecule has 0 radical (unpaired) electrons. The largest absolute Gasteiger partial charge is 0.486 e. The van der Waals surface area contributed by atoms with E-state index in [0.717, 1.165) is 25.0 Å². The van der Waals surface area contributed by atoms with Crippen LogP contribution >= 0.6 is 0 Å². The zero-order chi connectivity index (χ0) is 17.5. The Balaban J connectivity index is 2.16. The van der Waals surface area contributed by atoms with Crippen LogP contribution in [0.4, 0.5) is 4.79 Å². The molecule has 4 atom stereocenters. The highest BCUT2D eigenvalue weighted by atomic mass is 16.6. The second-order valence-corrected chi connectivity index (χ2v) is 6.14. The van der Waals surface area contributed by atoms with Crippen LogP contribution in [0.2, 0.25) is 0 Å². The molecule has 1 fully saturated rings. The van der Waals surface area contributed by atoms with Gasteiger partial charge in [0.2, 0.25) is 0 Å². The molecule has 1 aromatic rings. The summed E-state index contributed by atoms with van der Waals surface area (Å²) in [5, 5.41) is 11.1. The van der Waals surface area contributed by atoms with E-state index in [1.165, 1.54) is 0 Å². The minimum atomic E-state index is -1.21. The Morgan fingerprint density at radius 2 is 2.04 bits per heavy atom. The van der Waals surface area contributed by atoms with Crippen molar-refractivity contribution in [1.29, 1.82) is 0 Å². The van der Waals surface area contributed by atoms with Gasteiger partial charge in [0.25, 0.3) is 0 Å². The minimum absolute atomic E-state index is 0.233. The van der Waals surface area contributed by atoms with Gasteiger partial charge in [0, 0.05) is 0 Å². The zero-order valence-electron chi connectivity index (χ0n) is 14.1. The Labute approximate surface area is 142 Å². The van der Waals surface area contributed by atoms with E-state index in [2.05, 4.69) is 12.2 Å². The molecule has 1 aliphatic rings. The molecule has 1 heterocycles. The van der Waals surface area contributed by atoms with E-state index in [0.29, 0.717) is 6.42 Å². The van der Waals surface area contributed by atoms with Crippen molar-refractivity contribution < 1.29 is 24.2 Å². The Hall–Kier alpha value is -2.24. The normalized spacial score (nSPS) is 28.0. The van der Waals surface area contributed by atoms with Crippen LogP contribution in [0.25, 0.3) is 0 Å². The SMILES string of the molecule is CCC1CCCC(NC(=O)O)C(=O)OC(C)C1Oc1ccccc1. The van der Waals surface area contributed by atoms with Crippen LogP contribution in [0.1, 0.15) is 39.5 Å². The Morgan fingerprint density at radius 1 is 1.33 bits per heavy atom. The van der Waals surface area contributed by atoms with Gasteiger partial charge in [0.1, 0.15) is 24.0 Å². The van der Waals surface area contributed by atoms with Gasteiger partial charge in [-0.2, -0.15) is 0 Å². The van der Waals surface area contributed by atoms with Crippen LogP contribution in [0.15, 0.2) is 30.3 Å². The van der Waals surface area contributed by atoms with Gasteiger partial charge in [-0.15, -0.1) is 0 Å². The van der Waals surface area contributed by atoms with Crippen molar-refractivity contribution in [3.63, 3.8) is 0 Å². The maximum Gasteiger partial charge on any atom is 0.405 e. The van der Waals surface area contributed by atoms with E-state index in [-0.39, 0.29) is 12.0 Å². The number of cyclic esters (lactones) is 1. The average molecular weight is 335 g/mol. The fourth-order valence-electron chi connectivity index (χ4n) is 3.15. The number of ether oxygens (including phenoxy) is 2. The number of benzene rings is 1. The molecule has 0 saturated carbocycles. The number of para-hydroxylation sites is 1. The van der Waals surface area contributed by atoms with E-state index in [1.54, 1.807) is 6.92 Å². The van der Waals surface area contributed by atoms with Crippen molar-refractivity contribution in [3.8, 4) is 5.75 Å². The summed E-state index contributed by atoms with van der Waals surface area (Å²) in [5.41, 5.74) is 0. The lowest BCUT2D eigenvalue weighted by atomic mass is 9.90. The van der Waals surface area contributed by atoms with Crippen molar-refractivity contribution in [2.75, 3.05) is 0 Å². The van der Waals surface area contributed by atoms with Crippen LogP contribution in [-0.4, -0.2) is 35.4 Å². The molecule has 1 aromatic carbocycles. The lowest BCUT2D eigenvalue weighted by Gasteiger charge is -2.31. The van der Waals surface area contributed by atoms with Crippen molar-refractivity contribution in [2.24, 2.45) is 5.92 Å². The summed E-state index contributed by atoms with van der Waals surface area (Å²) in [6.45, 7) is 3.89. The van der Waals surface area contributed by atoms with Crippen LogP contribution in [-0.2, 0) is 9.53 Å². The first-order valence-corrected chi connectivity index (χ1v) is 8.43. The van der Waals surface area contributed by atoms with Gasteiger partial charge in [0.05, 0.1) is 0 Å². The van der Waals surface area contributed by atoms with Crippen LogP contribution in [0, 0.1) is 5.92 Å². The highest BCUT2D eigenvalue weighted by Crippen LogP contribution is 2.28. The first-order valence-electron chi connectivity index (χ1n) is 8.43. The molecule has 4 unspecified atom stereocenters. The van der Waals surface area contributed by atoms with E-state index >= 15 is 0 Å². The maximum atomic E-state index is 12.3. The van der Waals surface area contributed by atoms with Gasteiger partial charge >= 0.3 is 12.1 Å². The predicted octanol–water partition coefficient (Wildman–Crippen LogP) is 3.21. The van der Waals surface area contributed by atoms with Gasteiger partial charge in [0.15, 0.2) is 0 Å². The number of carbonyl (C=O) groups is 2. The fourth-order valence-corrected chi connectivity index (χ4v) is 3.15. The summed E-state index contributed by atoms with van der Waals surface area (Å²) < 4.78 is 11.6. The first-order chi connectivity index (χ1) is 11.5. The molecule has 1 aliphatic heterocycles. The van der Waals surface area contributed by atoms with Crippen molar-refractivity contribution in [3.05, 3.63) is 30.3 Å². The highest BCUT2D eigenvalue weighted by molar-refractivity contribution is 5.80. The molecular weight excluding hydrogens is 310 g/mol. The number of esters is 1. The molecule has 6 heteroatoms. The van der Waals surface area contributed by atoms with Crippen molar-refractivity contribution >= 4 is 12.1 Å². The van der Waals surface area contributed by atoms with Gasteiger partial charge in [-0.3, -0.25) is 0 Å². The summed E-state index contributed by atoms with van der Waals surface area (Å²) in [6, 6.07) is 8.65. The molecule has 0 aromatic heterocycles. The molecule has 2 rings (SSSR count). The first kappa shape index (κ1) is 18.1. The zero-order valence-corrected chi connectivity index (χ0v) is 14.1. The number of carbonyl (C=O) groups excluding carboxylic acids is 1. The van der Waals surface area contributed by atoms with E-state index in [1.807, 2.05) is 30.3 Å². The van der Waals surface area contributed by atoms with E-state index in [4.69, 9.17) is 14.6 Å². The van der Waals surface area contributed by atoms with Gasteiger partial charge in [-0.25, -0.2) is 9.59 Å². The van der Waals surface area contributed by atoms with Gasteiger partial charge in [-0.1, -0.05) is 31.5 Å². The Morgan fingerprint density at radius 3 is 2.67 bits per heavy atom. The maximum absolute atomic E-state index is 12.3. The minimum Gasteiger partial charge on any atom is -0.486 e. The molecule has 0 bridgehead atoms. The summed E-state index contributed by atoms with van der Waals surface area (Å²) in [6.07, 6.45) is 0.993. The molecule has 132 valence electrons. The third-order valence-electron chi connectivity index (χ3n) is 4.42. The molecule has 0 aliphatic carbocycles.